The van der Waals surface area contributed by atoms with E-state index in [1.807, 2.05) is 46.8 Å². The van der Waals surface area contributed by atoms with E-state index >= 15 is 0 Å². The number of hydrogen-bond donors (Lipinski definition) is 0. The van der Waals surface area contributed by atoms with E-state index in [4.69, 9.17) is 22.4 Å². The summed E-state index contributed by atoms with van der Waals surface area (Å²) in [6.45, 7) is 14.8. The molecule has 1 aromatic carbocycles. The molecule has 1 radical (unpaired) electrons. The number of fused-ring (bicyclic) bond motifs is 2. The molecule has 2 bridgehead atoms. The second-order valence-electron chi connectivity index (χ2n) is 8.31. The SMILES string of the molecule is C=[N+]1[C-](c2ccc(OC34CO[Si](OCC)(OC3)O4)cc2)N([O])C(C)(C)C1(C)C. The zero-order valence-corrected chi connectivity index (χ0v) is 18.0. The van der Waals surface area contributed by atoms with Crippen molar-refractivity contribution < 1.29 is 32.2 Å². The van der Waals surface area contributed by atoms with Gasteiger partial charge < -0.3 is 22.4 Å². The van der Waals surface area contributed by atoms with Crippen molar-refractivity contribution in [3.63, 3.8) is 0 Å². The van der Waals surface area contributed by atoms with Gasteiger partial charge in [-0.15, -0.1) is 17.3 Å². The number of ether oxygens (including phenoxy) is 1. The highest BCUT2D eigenvalue weighted by molar-refractivity contribution is 6.55. The van der Waals surface area contributed by atoms with Crippen LogP contribution in [0.5, 0.6) is 5.75 Å². The maximum Gasteiger partial charge on any atom is 0.683 e. The Morgan fingerprint density at radius 3 is 2.32 bits per heavy atom. The van der Waals surface area contributed by atoms with Crippen LogP contribution in [0.25, 0.3) is 0 Å². The standard InChI is InChI=1S/C19H27N2O6Si/c1-7-23-28-24-12-19(27-28,13-25-28)26-15-10-8-14(9-11-15)16-20(6)17(2,3)18(4,5)21(16)22/h8-11H,6-7,12-13H2,1-5H3. The van der Waals surface area contributed by atoms with Crippen LogP contribution < -0.4 is 4.74 Å². The molecule has 3 fully saturated rings. The zero-order chi connectivity index (χ0) is 20.4. The molecule has 3 aliphatic heterocycles. The van der Waals surface area contributed by atoms with E-state index < -0.39 is 25.9 Å². The quantitative estimate of drug-likeness (QED) is 0.423. The van der Waals surface area contributed by atoms with E-state index in [0.29, 0.717) is 18.5 Å². The molecule has 0 spiro atoms. The molecule has 3 saturated heterocycles. The lowest BCUT2D eigenvalue weighted by Crippen LogP contribution is -2.50. The molecule has 3 aliphatic rings. The molecule has 9 heteroatoms. The van der Waals surface area contributed by atoms with Crippen LogP contribution >= 0.6 is 0 Å². The third-order valence-electron chi connectivity index (χ3n) is 6.11. The first-order valence-corrected chi connectivity index (χ1v) is 11.1. The molecule has 28 heavy (non-hydrogen) atoms. The zero-order valence-electron chi connectivity index (χ0n) is 17.0. The van der Waals surface area contributed by atoms with Crippen molar-refractivity contribution in [2.45, 2.75) is 51.5 Å². The molecule has 153 valence electrons. The van der Waals surface area contributed by atoms with Crippen LogP contribution in [0.1, 0.15) is 40.2 Å². The van der Waals surface area contributed by atoms with Crippen LogP contribution in [-0.4, -0.2) is 62.1 Å². The van der Waals surface area contributed by atoms with E-state index in [2.05, 4.69) is 6.72 Å². The Balaban J connectivity index is 1.51. The van der Waals surface area contributed by atoms with Gasteiger partial charge in [-0.05, 0) is 20.8 Å². The van der Waals surface area contributed by atoms with Gasteiger partial charge in [0.1, 0.15) is 24.5 Å². The molecule has 0 unspecified atom stereocenters. The van der Waals surface area contributed by atoms with Gasteiger partial charge in [0.25, 0.3) is 5.79 Å². The van der Waals surface area contributed by atoms with Crippen LogP contribution in [0.15, 0.2) is 24.3 Å². The first kappa shape index (κ1) is 19.8. The van der Waals surface area contributed by atoms with Gasteiger partial charge in [-0.1, -0.05) is 22.8 Å². The highest BCUT2D eigenvalue weighted by Crippen LogP contribution is 2.45. The lowest BCUT2D eigenvalue weighted by molar-refractivity contribution is -0.567. The average molecular weight is 408 g/mol. The number of benzene rings is 1. The third-order valence-corrected chi connectivity index (χ3v) is 8.37. The van der Waals surface area contributed by atoms with Crippen molar-refractivity contribution in [1.82, 2.24) is 5.06 Å². The van der Waals surface area contributed by atoms with E-state index in [9.17, 15) is 5.21 Å². The predicted octanol–water partition coefficient (Wildman–Crippen LogP) is 2.08. The van der Waals surface area contributed by atoms with Gasteiger partial charge in [-0.2, -0.15) is 0 Å². The number of hydrogen-bond acceptors (Lipinski definition) is 6. The second kappa shape index (κ2) is 6.27. The Morgan fingerprint density at radius 2 is 1.82 bits per heavy atom. The lowest BCUT2D eigenvalue weighted by atomic mass is 9.84. The number of nitrogens with zero attached hydrogens (tertiary/aromatic N) is 2. The van der Waals surface area contributed by atoms with Crippen LogP contribution in [-0.2, 0) is 22.9 Å². The Bertz CT molecular complexity index is 773. The first-order chi connectivity index (χ1) is 13.1. The van der Waals surface area contributed by atoms with E-state index in [1.165, 1.54) is 0 Å². The fourth-order valence-electron chi connectivity index (χ4n) is 3.57. The Labute approximate surface area is 166 Å². The average Bonchev–Trinajstić information content (AvgIpc) is 3.21. The van der Waals surface area contributed by atoms with Crippen molar-refractivity contribution in [3.8, 4) is 5.75 Å². The van der Waals surface area contributed by atoms with Gasteiger partial charge in [0, 0.05) is 20.5 Å². The van der Waals surface area contributed by atoms with E-state index in [0.717, 1.165) is 10.6 Å². The molecule has 3 heterocycles. The molecule has 0 N–H and O–H groups in total. The molecular weight excluding hydrogens is 380 g/mol. The summed E-state index contributed by atoms with van der Waals surface area (Å²) in [5.74, 6) is -0.375. The Kier molecular flexibility index (Phi) is 4.44. The molecule has 0 atom stereocenters. The molecular formula is C19H27N2O6Si. The van der Waals surface area contributed by atoms with Crippen LogP contribution in [0.2, 0.25) is 0 Å². The summed E-state index contributed by atoms with van der Waals surface area (Å²) in [6, 6.07) is 7.31. The minimum atomic E-state index is -3.03. The van der Waals surface area contributed by atoms with Gasteiger partial charge >= 0.3 is 9.05 Å². The summed E-state index contributed by atoms with van der Waals surface area (Å²) in [4.78, 5) is 0. The normalized spacial score (nSPS) is 33.6. The van der Waals surface area contributed by atoms with Gasteiger partial charge in [-0.25, -0.2) is 0 Å². The predicted molar refractivity (Wildman–Crippen MR) is 101 cm³/mol. The minimum Gasteiger partial charge on any atom is -0.460 e. The molecule has 8 nitrogen and oxygen atoms in total. The van der Waals surface area contributed by atoms with Crippen molar-refractivity contribution in [2.24, 2.45) is 0 Å². The number of rotatable bonds is 5. The number of hydroxylamine groups is 2. The Hall–Kier alpha value is -1.46. The minimum absolute atomic E-state index is 0.266. The summed E-state index contributed by atoms with van der Waals surface area (Å²) >= 11 is 0. The first-order valence-electron chi connectivity index (χ1n) is 9.42. The van der Waals surface area contributed by atoms with Crippen LogP contribution in [0.3, 0.4) is 0 Å². The smallest absolute Gasteiger partial charge is 0.460 e. The molecule has 4 rings (SSSR count). The maximum absolute atomic E-state index is 12.9. The summed E-state index contributed by atoms with van der Waals surface area (Å²) in [7, 11) is -3.03. The van der Waals surface area contributed by atoms with Crippen molar-refractivity contribution >= 4 is 15.8 Å². The summed E-state index contributed by atoms with van der Waals surface area (Å²) in [6.07, 6.45) is 0.534. The van der Waals surface area contributed by atoms with Crippen LogP contribution in [0, 0.1) is 6.17 Å². The Morgan fingerprint density at radius 1 is 1.21 bits per heavy atom. The maximum atomic E-state index is 12.9. The topological polar surface area (TPSA) is 72.3 Å². The summed E-state index contributed by atoms with van der Waals surface area (Å²) in [5.41, 5.74) is -0.249. The van der Waals surface area contributed by atoms with E-state index in [-0.39, 0.29) is 13.2 Å². The second-order valence-corrected chi connectivity index (χ2v) is 10.4. The summed E-state index contributed by atoms with van der Waals surface area (Å²) in [5, 5.41) is 14.0. The largest absolute Gasteiger partial charge is 0.683 e. The fourth-order valence-corrected chi connectivity index (χ4v) is 5.76. The summed E-state index contributed by atoms with van der Waals surface area (Å²) < 4.78 is 30.5. The molecule has 0 saturated carbocycles. The van der Waals surface area contributed by atoms with Gasteiger partial charge in [-0.3, -0.25) is 4.58 Å². The monoisotopic (exact) mass is 407 g/mol. The van der Waals surface area contributed by atoms with Gasteiger partial charge in [0.15, 0.2) is 5.54 Å². The molecule has 1 aromatic rings. The highest BCUT2D eigenvalue weighted by Gasteiger charge is 2.68. The third kappa shape index (κ3) is 2.73. The molecule has 0 aromatic heterocycles. The molecule has 0 aliphatic carbocycles. The van der Waals surface area contributed by atoms with E-state index in [1.54, 1.807) is 16.7 Å². The fraction of sp³-hybridized carbons (Fsp3) is 0.579. The van der Waals surface area contributed by atoms with Crippen molar-refractivity contribution in [2.75, 3.05) is 19.8 Å². The highest BCUT2D eigenvalue weighted by atomic mass is 28.4. The van der Waals surface area contributed by atoms with Crippen molar-refractivity contribution in [3.05, 3.63) is 36.0 Å². The van der Waals surface area contributed by atoms with Gasteiger partial charge in [0.05, 0.1) is 6.72 Å². The molecule has 0 amide bonds. The lowest BCUT2D eigenvalue weighted by Gasteiger charge is -2.30. The van der Waals surface area contributed by atoms with Gasteiger partial charge in [0.2, 0.25) is 6.17 Å². The van der Waals surface area contributed by atoms with Crippen molar-refractivity contribution in [1.29, 1.82) is 0 Å². The van der Waals surface area contributed by atoms with Crippen LogP contribution in [0.4, 0.5) is 0 Å².